The smallest absolute Gasteiger partial charge is 0.251 e. The Labute approximate surface area is 152 Å². The molecule has 2 aliphatic heterocycles. The lowest BCUT2D eigenvalue weighted by Crippen LogP contribution is -2.31. The van der Waals surface area contributed by atoms with Crippen molar-refractivity contribution in [3.8, 4) is 5.75 Å². The van der Waals surface area contributed by atoms with E-state index in [0.717, 1.165) is 34.5 Å². The molecule has 2 aliphatic rings. The van der Waals surface area contributed by atoms with E-state index in [4.69, 9.17) is 4.74 Å². The van der Waals surface area contributed by atoms with Crippen LogP contribution in [-0.2, 0) is 16.0 Å². The number of rotatable bonds is 3. The summed E-state index contributed by atoms with van der Waals surface area (Å²) in [6.45, 7) is 2.23. The standard InChI is InChI=1S/C21H20N2O3/c1-13(14-6-8-18-15(10-14)7-9-20(24)23-18)22-21(25)17-11-16-4-2-3-5-19(16)26-12-17/h2-6,8,10-11,13H,7,9,12H2,1H3,(H,22,25)(H,23,24)/t13-/m1/s1. The van der Waals surface area contributed by atoms with E-state index < -0.39 is 0 Å². The van der Waals surface area contributed by atoms with E-state index in [-0.39, 0.29) is 24.5 Å². The first-order chi connectivity index (χ1) is 12.6. The summed E-state index contributed by atoms with van der Waals surface area (Å²) in [4.78, 5) is 24.1. The number of aryl methyl sites for hydroxylation is 1. The Morgan fingerprint density at radius 1 is 1.19 bits per heavy atom. The highest BCUT2D eigenvalue weighted by molar-refractivity contribution is 5.99. The highest BCUT2D eigenvalue weighted by atomic mass is 16.5. The lowest BCUT2D eigenvalue weighted by atomic mass is 9.97. The molecule has 0 unspecified atom stereocenters. The van der Waals surface area contributed by atoms with Crippen molar-refractivity contribution in [1.82, 2.24) is 5.32 Å². The van der Waals surface area contributed by atoms with Crippen LogP contribution in [0.1, 0.15) is 36.1 Å². The van der Waals surface area contributed by atoms with Crippen LogP contribution >= 0.6 is 0 Å². The Kier molecular flexibility index (Phi) is 4.21. The molecule has 2 N–H and O–H groups in total. The van der Waals surface area contributed by atoms with Gasteiger partial charge in [0.1, 0.15) is 12.4 Å². The highest BCUT2D eigenvalue weighted by Crippen LogP contribution is 2.28. The first-order valence-corrected chi connectivity index (χ1v) is 8.76. The molecule has 4 rings (SSSR count). The number of amides is 2. The predicted octanol–water partition coefficient (Wildman–Crippen LogP) is 3.22. The molecular weight excluding hydrogens is 328 g/mol. The Balaban J connectivity index is 1.48. The molecule has 5 heteroatoms. The Morgan fingerprint density at radius 2 is 2.04 bits per heavy atom. The van der Waals surface area contributed by atoms with Crippen molar-refractivity contribution in [3.63, 3.8) is 0 Å². The zero-order chi connectivity index (χ0) is 18.1. The molecule has 0 aromatic heterocycles. The topological polar surface area (TPSA) is 67.4 Å². The third kappa shape index (κ3) is 3.20. The molecule has 0 saturated heterocycles. The largest absolute Gasteiger partial charge is 0.488 e. The van der Waals surface area contributed by atoms with Crippen molar-refractivity contribution in [3.05, 3.63) is 64.7 Å². The third-order valence-electron chi connectivity index (χ3n) is 4.80. The van der Waals surface area contributed by atoms with Gasteiger partial charge in [0.15, 0.2) is 0 Å². The lowest BCUT2D eigenvalue weighted by molar-refractivity contribution is -0.118. The lowest BCUT2D eigenvalue weighted by Gasteiger charge is -2.22. The van der Waals surface area contributed by atoms with E-state index >= 15 is 0 Å². The molecule has 0 fully saturated rings. The predicted molar refractivity (Wildman–Crippen MR) is 99.9 cm³/mol. The van der Waals surface area contributed by atoms with Crippen molar-refractivity contribution >= 4 is 23.6 Å². The summed E-state index contributed by atoms with van der Waals surface area (Å²) >= 11 is 0. The summed E-state index contributed by atoms with van der Waals surface area (Å²) in [5.41, 5.74) is 4.52. The van der Waals surface area contributed by atoms with Gasteiger partial charge in [-0.15, -0.1) is 0 Å². The van der Waals surface area contributed by atoms with Gasteiger partial charge in [0.2, 0.25) is 5.91 Å². The number of carbonyl (C=O) groups excluding carboxylic acids is 2. The average Bonchev–Trinajstić information content (AvgIpc) is 2.67. The molecule has 1 atom stereocenters. The fourth-order valence-electron chi connectivity index (χ4n) is 3.29. The van der Waals surface area contributed by atoms with Crippen LogP contribution in [0, 0.1) is 0 Å². The maximum absolute atomic E-state index is 12.6. The van der Waals surface area contributed by atoms with Gasteiger partial charge < -0.3 is 15.4 Å². The molecule has 0 saturated carbocycles. The number of fused-ring (bicyclic) bond motifs is 2. The Morgan fingerprint density at radius 3 is 2.92 bits per heavy atom. The summed E-state index contributed by atoms with van der Waals surface area (Å²) < 4.78 is 5.66. The van der Waals surface area contributed by atoms with Crippen molar-refractivity contribution in [1.29, 1.82) is 0 Å². The molecule has 132 valence electrons. The van der Waals surface area contributed by atoms with Crippen LogP contribution in [0.2, 0.25) is 0 Å². The molecule has 2 aromatic rings. The summed E-state index contributed by atoms with van der Waals surface area (Å²) in [7, 11) is 0. The second kappa shape index (κ2) is 6.67. The van der Waals surface area contributed by atoms with Crippen molar-refractivity contribution < 1.29 is 14.3 Å². The molecular formula is C21H20N2O3. The zero-order valence-electron chi connectivity index (χ0n) is 14.5. The van der Waals surface area contributed by atoms with Gasteiger partial charge in [-0.05, 0) is 42.7 Å². The van der Waals surface area contributed by atoms with E-state index in [2.05, 4.69) is 16.7 Å². The summed E-state index contributed by atoms with van der Waals surface area (Å²) in [6.07, 6.45) is 3.11. The Bertz CT molecular complexity index is 917. The van der Waals surface area contributed by atoms with E-state index in [1.165, 1.54) is 0 Å². The fraction of sp³-hybridized carbons (Fsp3) is 0.238. The monoisotopic (exact) mass is 348 g/mol. The quantitative estimate of drug-likeness (QED) is 0.895. The van der Waals surface area contributed by atoms with Gasteiger partial charge in [0, 0.05) is 17.7 Å². The fourth-order valence-corrected chi connectivity index (χ4v) is 3.29. The molecule has 0 radical (unpaired) electrons. The van der Waals surface area contributed by atoms with Gasteiger partial charge in [-0.3, -0.25) is 9.59 Å². The second-order valence-electron chi connectivity index (χ2n) is 6.66. The van der Waals surface area contributed by atoms with Crippen LogP contribution in [0.5, 0.6) is 5.75 Å². The SMILES string of the molecule is C[C@@H](NC(=O)C1=Cc2ccccc2OC1)c1ccc2c(c1)CCC(=O)N2. The number of carbonyl (C=O) groups is 2. The number of nitrogens with one attached hydrogen (secondary N) is 2. The minimum absolute atomic E-state index is 0.0520. The van der Waals surface area contributed by atoms with Crippen LogP contribution in [0.25, 0.3) is 6.08 Å². The number of anilines is 1. The van der Waals surface area contributed by atoms with Crippen molar-refractivity contribution in [2.75, 3.05) is 11.9 Å². The van der Waals surface area contributed by atoms with E-state index in [9.17, 15) is 9.59 Å². The van der Waals surface area contributed by atoms with Crippen LogP contribution < -0.4 is 15.4 Å². The maximum atomic E-state index is 12.6. The van der Waals surface area contributed by atoms with Gasteiger partial charge in [-0.2, -0.15) is 0 Å². The van der Waals surface area contributed by atoms with E-state index in [1.807, 2.05) is 49.4 Å². The third-order valence-corrected chi connectivity index (χ3v) is 4.80. The normalized spacial score (nSPS) is 16.3. The zero-order valence-corrected chi connectivity index (χ0v) is 14.5. The van der Waals surface area contributed by atoms with Gasteiger partial charge in [0.05, 0.1) is 11.6 Å². The van der Waals surface area contributed by atoms with Gasteiger partial charge in [-0.25, -0.2) is 0 Å². The molecule has 0 spiro atoms. The summed E-state index contributed by atoms with van der Waals surface area (Å²) in [5, 5.41) is 5.91. The van der Waals surface area contributed by atoms with Crippen LogP contribution in [0.3, 0.4) is 0 Å². The average molecular weight is 348 g/mol. The van der Waals surface area contributed by atoms with Crippen molar-refractivity contribution in [2.45, 2.75) is 25.8 Å². The van der Waals surface area contributed by atoms with E-state index in [1.54, 1.807) is 0 Å². The van der Waals surface area contributed by atoms with Crippen LogP contribution in [0.4, 0.5) is 5.69 Å². The first-order valence-electron chi connectivity index (χ1n) is 8.76. The van der Waals surface area contributed by atoms with Crippen LogP contribution in [0.15, 0.2) is 48.0 Å². The number of ether oxygens (including phenoxy) is 1. The maximum Gasteiger partial charge on any atom is 0.251 e. The minimum atomic E-state index is -0.136. The van der Waals surface area contributed by atoms with Gasteiger partial charge >= 0.3 is 0 Å². The molecule has 2 amide bonds. The molecule has 0 aliphatic carbocycles. The molecule has 26 heavy (non-hydrogen) atoms. The molecule has 2 heterocycles. The Hall–Kier alpha value is -3.08. The highest BCUT2D eigenvalue weighted by Gasteiger charge is 2.20. The molecule has 2 aromatic carbocycles. The van der Waals surface area contributed by atoms with E-state index in [0.29, 0.717) is 12.0 Å². The number of hydrogen-bond donors (Lipinski definition) is 2. The summed E-state index contributed by atoms with van der Waals surface area (Å²) in [6, 6.07) is 13.4. The van der Waals surface area contributed by atoms with Crippen LogP contribution in [-0.4, -0.2) is 18.4 Å². The number of hydrogen-bond acceptors (Lipinski definition) is 3. The van der Waals surface area contributed by atoms with Crippen molar-refractivity contribution in [2.24, 2.45) is 0 Å². The van der Waals surface area contributed by atoms with Gasteiger partial charge in [0.25, 0.3) is 5.91 Å². The first kappa shape index (κ1) is 16.4. The molecule has 0 bridgehead atoms. The summed E-state index contributed by atoms with van der Waals surface area (Å²) in [5.74, 6) is 0.725. The number of benzene rings is 2. The number of para-hydroxylation sites is 1. The minimum Gasteiger partial charge on any atom is -0.488 e. The van der Waals surface area contributed by atoms with Gasteiger partial charge in [-0.1, -0.05) is 30.3 Å². The second-order valence-corrected chi connectivity index (χ2v) is 6.66. The molecule has 5 nitrogen and oxygen atoms in total.